The summed E-state index contributed by atoms with van der Waals surface area (Å²) in [6, 6.07) is 14.7. The van der Waals surface area contributed by atoms with E-state index >= 15 is 0 Å². The molecule has 1 aromatic heterocycles. The highest BCUT2D eigenvalue weighted by Crippen LogP contribution is 2.28. The van der Waals surface area contributed by atoms with Crippen LogP contribution in [0.15, 0.2) is 67.0 Å². The number of aromatic nitrogens is 1. The molecule has 11 heteroatoms. The lowest BCUT2D eigenvalue weighted by Gasteiger charge is -2.35. The number of hydrogen-bond donors (Lipinski definition) is 1. The Labute approximate surface area is 213 Å². The summed E-state index contributed by atoms with van der Waals surface area (Å²) in [5.74, 6) is -0.841. The summed E-state index contributed by atoms with van der Waals surface area (Å²) in [5.41, 5.74) is 2.69. The molecular weight excluding hydrogens is 478 g/mol. The van der Waals surface area contributed by atoms with E-state index in [1.807, 2.05) is 16.0 Å². The van der Waals surface area contributed by atoms with Gasteiger partial charge in [-0.05, 0) is 29.8 Å². The van der Waals surface area contributed by atoms with Crippen LogP contribution >= 0.6 is 0 Å². The fourth-order valence-corrected chi connectivity index (χ4v) is 3.98. The van der Waals surface area contributed by atoms with E-state index in [1.165, 1.54) is 12.1 Å². The number of hydroxylamine groups is 2. The first-order valence-electron chi connectivity index (χ1n) is 11.7. The third-order valence-corrected chi connectivity index (χ3v) is 5.96. The highest BCUT2D eigenvalue weighted by atomic mass is 16.7. The van der Waals surface area contributed by atoms with Crippen molar-refractivity contribution < 1.29 is 24.1 Å². The van der Waals surface area contributed by atoms with Gasteiger partial charge in [0.2, 0.25) is 0 Å². The van der Waals surface area contributed by atoms with Crippen LogP contribution in [-0.4, -0.2) is 60.1 Å². The van der Waals surface area contributed by atoms with E-state index < -0.39 is 10.8 Å². The van der Waals surface area contributed by atoms with Crippen molar-refractivity contribution in [3.05, 3.63) is 93.8 Å². The number of nitrogens with zero attached hydrogens (tertiary/aromatic N) is 4. The second-order valence-corrected chi connectivity index (χ2v) is 8.41. The van der Waals surface area contributed by atoms with Gasteiger partial charge in [-0.25, -0.2) is 0 Å². The molecule has 0 aliphatic carbocycles. The van der Waals surface area contributed by atoms with E-state index in [-0.39, 0.29) is 30.2 Å². The normalized spacial score (nSPS) is 13.7. The Balaban J connectivity index is 1.41. The number of nitrogens with one attached hydrogen (secondary N) is 1. The van der Waals surface area contributed by atoms with Gasteiger partial charge in [-0.2, -0.15) is 5.06 Å². The maximum atomic E-state index is 13.2. The molecule has 11 nitrogen and oxygen atoms in total. The number of carbonyl (C=O) groups is 2. The molecular formula is C26H27N5O6. The van der Waals surface area contributed by atoms with Gasteiger partial charge >= 0.3 is 5.97 Å². The Morgan fingerprint density at radius 2 is 1.81 bits per heavy atom. The molecule has 0 bridgehead atoms. The summed E-state index contributed by atoms with van der Waals surface area (Å²) in [4.78, 5) is 47.4. The zero-order chi connectivity index (χ0) is 26.2. The number of nitro groups is 1. The Morgan fingerprint density at radius 3 is 2.46 bits per heavy atom. The number of esters is 1. The second kappa shape index (κ2) is 12.1. The lowest BCUT2D eigenvalue weighted by Crippen LogP contribution is -2.46. The van der Waals surface area contributed by atoms with E-state index in [1.54, 1.807) is 55.9 Å². The number of amides is 1. The van der Waals surface area contributed by atoms with Gasteiger partial charge in [0.05, 0.1) is 29.7 Å². The number of benzene rings is 2. The second-order valence-electron chi connectivity index (χ2n) is 8.41. The standard InChI is InChI=1S/C26H27N5O6/c1-36-30-13-11-29(12-14-30)24-9-8-22(31(34)35)16-23(24)26(33)28-21-6-4-19(5-7-21)15-25(32)37-18-20-3-2-10-27-17-20/h2-10,16-17H,11-15,18H2,1H3,(H,28,33). The van der Waals surface area contributed by atoms with Crippen molar-refractivity contribution >= 4 is 28.9 Å². The summed E-state index contributed by atoms with van der Waals surface area (Å²) >= 11 is 0. The van der Waals surface area contributed by atoms with Crippen LogP contribution in [-0.2, 0) is 27.4 Å². The first-order chi connectivity index (χ1) is 17.9. The predicted molar refractivity (Wildman–Crippen MR) is 136 cm³/mol. The van der Waals surface area contributed by atoms with Gasteiger partial charge in [-0.3, -0.25) is 24.7 Å². The van der Waals surface area contributed by atoms with E-state index in [0.29, 0.717) is 37.6 Å². The van der Waals surface area contributed by atoms with Crippen molar-refractivity contribution in [3.63, 3.8) is 0 Å². The molecule has 1 amide bonds. The third kappa shape index (κ3) is 6.87. The fraction of sp³-hybridized carbons (Fsp3) is 0.269. The van der Waals surface area contributed by atoms with Crippen molar-refractivity contribution in [2.75, 3.05) is 43.5 Å². The average Bonchev–Trinajstić information content (AvgIpc) is 2.93. The van der Waals surface area contributed by atoms with E-state index in [0.717, 1.165) is 11.1 Å². The maximum absolute atomic E-state index is 13.2. The number of hydrogen-bond acceptors (Lipinski definition) is 9. The number of nitro benzene ring substituents is 1. The fourth-order valence-electron chi connectivity index (χ4n) is 3.98. The molecule has 37 heavy (non-hydrogen) atoms. The zero-order valence-corrected chi connectivity index (χ0v) is 20.3. The first kappa shape index (κ1) is 25.7. The number of anilines is 2. The van der Waals surface area contributed by atoms with Gasteiger partial charge in [0.1, 0.15) is 6.61 Å². The van der Waals surface area contributed by atoms with Crippen LogP contribution in [0.5, 0.6) is 0 Å². The summed E-state index contributed by atoms with van der Waals surface area (Å²) in [7, 11) is 1.61. The quantitative estimate of drug-likeness (QED) is 0.265. The van der Waals surface area contributed by atoms with Gasteiger partial charge in [-0.15, -0.1) is 0 Å². The van der Waals surface area contributed by atoms with Crippen molar-refractivity contribution in [1.29, 1.82) is 0 Å². The van der Waals surface area contributed by atoms with Crippen LogP contribution < -0.4 is 10.2 Å². The minimum absolute atomic E-state index is 0.0803. The van der Waals surface area contributed by atoms with Crippen molar-refractivity contribution in [3.8, 4) is 0 Å². The molecule has 0 radical (unpaired) electrons. The van der Waals surface area contributed by atoms with Gasteiger partial charge in [-0.1, -0.05) is 18.2 Å². The lowest BCUT2D eigenvalue weighted by molar-refractivity contribution is -0.384. The van der Waals surface area contributed by atoms with Crippen LogP contribution in [0.1, 0.15) is 21.5 Å². The van der Waals surface area contributed by atoms with Crippen LogP contribution in [0.3, 0.4) is 0 Å². The summed E-state index contributed by atoms with van der Waals surface area (Å²) in [5, 5.41) is 16.0. The van der Waals surface area contributed by atoms with Crippen LogP contribution in [0, 0.1) is 10.1 Å². The zero-order valence-electron chi connectivity index (χ0n) is 20.3. The smallest absolute Gasteiger partial charge is 0.310 e. The molecule has 0 spiro atoms. The minimum Gasteiger partial charge on any atom is -0.460 e. The molecule has 1 aliphatic rings. The molecule has 2 aromatic carbocycles. The number of non-ortho nitro benzene ring substituents is 1. The monoisotopic (exact) mass is 505 g/mol. The maximum Gasteiger partial charge on any atom is 0.310 e. The number of rotatable bonds is 9. The molecule has 0 saturated carbocycles. The highest BCUT2D eigenvalue weighted by Gasteiger charge is 2.24. The largest absolute Gasteiger partial charge is 0.460 e. The Hall–Kier alpha value is -4.35. The Kier molecular flexibility index (Phi) is 8.39. The van der Waals surface area contributed by atoms with Crippen LogP contribution in [0.25, 0.3) is 0 Å². The molecule has 4 rings (SSSR count). The van der Waals surface area contributed by atoms with Gasteiger partial charge in [0.15, 0.2) is 0 Å². The molecule has 1 aliphatic heterocycles. The van der Waals surface area contributed by atoms with Crippen molar-refractivity contribution in [1.82, 2.24) is 10.0 Å². The van der Waals surface area contributed by atoms with Gasteiger partial charge in [0, 0.05) is 62.0 Å². The molecule has 3 aromatic rings. The Morgan fingerprint density at radius 1 is 1.05 bits per heavy atom. The SMILES string of the molecule is CON1CCN(c2ccc([N+](=O)[O-])cc2C(=O)Nc2ccc(CC(=O)OCc3cccnc3)cc2)CC1. The lowest BCUT2D eigenvalue weighted by atomic mass is 10.1. The number of ether oxygens (including phenoxy) is 1. The summed E-state index contributed by atoms with van der Waals surface area (Å²) in [6.45, 7) is 2.64. The van der Waals surface area contributed by atoms with Crippen LogP contribution in [0.2, 0.25) is 0 Å². The van der Waals surface area contributed by atoms with E-state index in [9.17, 15) is 19.7 Å². The topological polar surface area (TPSA) is 127 Å². The number of piperazine rings is 1. The number of carbonyl (C=O) groups excluding carboxylic acids is 2. The van der Waals surface area contributed by atoms with Crippen molar-refractivity contribution in [2.24, 2.45) is 0 Å². The molecule has 192 valence electrons. The van der Waals surface area contributed by atoms with Crippen LogP contribution in [0.4, 0.5) is 17.1 Å². The first-order valence-corrected chi connectivity index (χ1v) is 11.7. The average molecular weight is 506 g/mol. The molecule has 1 saturated heterocycles. The van der Waals surface area contributed by atoms with E-state index in [2.05, 4.69) is 10.3 Å². The Bertz CT molecular complexity index is 1240. The van der Waals surface area contributed by atoms with Crippen molar-refractivity contribution in [2.45, 2.75) is 13.0 Å². The molecule has 1 fully saturated rings. The summed E-state index contributed by atoms with van der Waals surface area (Å²) < 4.78 is 5.28. The molecule has 1 N–H and O–H groups in total. The highest BCUT2D eigenvalue weighted by molar-refractivity contribution is 6.08. The third-order valence-electron chi connectivity index (χ3n) is 5.96. The predicted octanol–water partition coefficient (Wildman–Crippen LogP) is 3.21. The van der Waals surface area contributed by atoms with E-state index in [4.69, 9.17) is 9.57 Å². The van der Waals surface area contributed by atoms with Gasteiger partial charge in [0.25, 0.3) is 11.6 Å². The van der Waals surface area contributed by atoms with Gasteiger partial charge < -0.3 is 19.8 Å². The molecule has 2 heterocycles. The molecule has 0 unspecified atom stereocenters. The molecule has 0 atom stereocenters. The summed E-state index contributed by atoms with van der Waals surface area (Å²) in [6.07, 6.45) is 3.36. The number of pyridine rings is 1. The minimum atomic E-state index is -0.522.